The Kier molecular flexibility index (Phi) is 5.05. The van der Waals surface area contributed by atoms with Gasteiger partial charge in [0.2, 0.25) is 0 Å². The van der Waals surface area contributed by atoms with Gasteiger partial charge in [-0.3, -0.25) is 4.90 Å². The number of hydrogen-bond donors (Lipinski definition) is 1. The fourth-order valence-corrected chi connectivity index (χ4v) is 3.33. The van der Waals surface area contributed by atoms with Gasteiger partial charge in [0.1, 0.15) is 0 Å². The number of nitrogens with zero attached hydrogens (tertiary/aromatic N) is 1. The highest BCUT2D eigenvalue weighted by atomic mass is 16.5. The van der Waals surface area contributed by atoms with Gasteiger partial charge in [-0.15, -0.1) is 0 Å². The summed E-state index contributed by atoms with van der Waals surface area (Å²) in [4.78, 5) is 2.53. The molecule has 0 aromatic rings. The summed E-state index contributed by atoms with van der Waals surface area (Å²) in [5.41, 5.74) is 0.0381. The van der Waals surface area contributed by atoms with E-state index in [0.29, 0.717) is 0 Å². The highest BCUT2D eigenvalue weighted by Crippen LogP contribution is 2.23. The van der Waals surface area contributed by atoms with E-state index in [4.69, 9.17) is 4.74 Å². The van der Waals surface area contributed by atoms with Crippen molar-refractivity contribution in [2.24, 2.45) is 5.92 Å². The van der Waals surface area contributed by atoms with Gasteiger partial charge in [-0.05, 0) is 32.6 Å². The fraction of sp³-hybridized carbons (Fsp3) is 1.00. The zero-order valence-corrected chi connectivity index (χ0v) is 12.4. The van der Waals surface area contributed by atoms with E-state index in [1.54, 1.807) is 0 Å². The highest BCUT2D eigenvalue weighted by molar-refractivity contribution is 4.81. The van der Waals surface area contributed by atoms with E-state index < -0.39 is 0 Å². The zero-order chi connectivity index (χ0) is 13.0. The summed E-state index contributed by atoms with van der Waals surface area (Å²) in [6.07, 6.45) is 5.61. The van der Waals surface area contributed by atoms with Gasteiger partial charge >= 0.3 is 0 Å². The quantitative estimate of drug-likeness (QED) is 0.833. The highest BCUT2D eigenvalue weighted by Gasteiger charge is 2.27. The first-order chi connectivity index (χ1) is 8.57. The molecule has 0 radical (unpaired) electrons. The predicted molar refractivity (Wildman–Crippen MR) is 75.9 cm³/mol. The van der Waals surface area contributed by atoms with Crippen LogP contribution in [0.1, 0.15) is 46.5 Å². The van der Waals surface area contributed by atoms with Crippen LogP contribution >= 0.6 is 0 Å². The van der Waals surface area contributed by atoms with Crippen LogP contribution in [0.2, 0.25) is 0 Å². The van der Waals surface area contributed by atoms with Crippen molar-refractivity contribution < 1.29 is 4.74 Å². The molecule has 1 saturated heterocycles. The second kappa shape index (κ2) is 6.36. The fourth-order valence-electron chi connectivity index (χ4n) is 3.33. The van der Waals surface area contributed by atoms with Crippen molar-refractivity contribution in [1.82, 2.24) is 10.2 Å². The molecular formula is C15H30N2O. The first-order valence-electron chi connectivity index (χ1n) is 7.66. The summed E-state index contributed by atoms with van der Waals surface area (Å²) in [6.45, 7) is 12.1. The standard InChI is InChI=1S/C15H30N2O/c1-13-6-4-5-7-14(13)16-8-9-17-10-11-18-15(2,3)12-17/h13-14,16H,4-12H2,1-3H3. The molecule has 2 fully saturated rings. The van der Waals surface area contributed by atoms with Gasteiger partial charge in [-0.1, -0.05) is 19.8 Å². The Morgan fingerprint density at radius 2 is 2.06 bits per heavy atom. The first-order valence-corrected chi connectivity index (χ1v) is 7.66. The van der Waals surface area contributed by atoms with Crippen molar-refractivity contribution in [3.8, 4) is 0 Å². The SMILES string of the molecule is CC1CCCCC1NCCN1CCOC(C)(C)C1. The molecule has 2 rings (SSSR count). The molecule has 1 aliphatic heterocycles. The number of morpholine rings is 1. The number of rotatable bonds is 4. The van der Waals surface area contributed by atoms with E-state index in [0.717, 1.165) is 44.7 Å². The summed E-state index contributed by atoms with van der Waals surface area (Å²) in [7, 11) is 0. The Hall–Kier alpha value is -0.120. The monoisotopic (exact) mass is 254 g/mol. The average Bonchev–Trinajstić information content (AvgIpc) is 2.30. The molecule has 1 heterocycles. The van der Waals surface area contributed by atoms with Gasteiger partial charge in [-0.2, -0.15) is 0 Å². The lowest BCUT2D eigenvalue weighted by Gasteiger charge is -2.38. The minimum Gasteiger partial charge on any atom is -0.373 e. The summed E-state index contributed by atoms with van der Waals surface area (Å²) >= 11 is 0. The van der Waals surface area contributed by atoms with Crippen molar-refractivity contribution in [2.45, 2.75) is 58.1 Å². The van der Waals surface area contributed by atoms with E-state index >= 15 is 0 Å². The predicted octanol–water partition coefficient (Wildman–Crippen LogP) is 2.27. The van der Waals surface area contributed by atoms with Crippen LogP contribution in [0.5, 0.6) is 0 Å². The number of ether oxygens (including phenoxy) is 1. The molecule has 2 aliphatic rings. The van der Waals surface area contributed by atoms with Gasteiger partial charge in [-0.25, -0.2) is 0 Å². The third-order valence-corrected chi connectivity index (χ3v) is 4.45. The Balaban J connectivity index is 1.65. The van der Waals surface area contributed by atoms with E-state index in [9.17, 15) is 0 Å². The number of hydrogen-bond acceptors (Lipinski definition) is 3. The molecule has 2 unspecified atom stereocenters. The van der Waals surface area contributed by atoms with Crippen LogP contribution in [0.25, 0.3) is 0 Å². The van der Waals surface area contributed by atoms with E-state index in [2.05, 4.69) is 31.0 Å². The molecular weight excluding hydrogens is 224 g/mol. The summed E-state index contributed by atoms with van der Waals surface area (Å²) in [6, 6.07) is 0.757. The van der Waals surface area contributed by atoms with Gasteiger partial charge < -0.3 is 10.1 Å². The molecule has 0 spiro atoms. The van der Waals surface area contributed by atoms with Gasteiger partial charge in [0.25, 0.3) is 0 Å². The lowest BCUT2D eigenvalue weighted by atomic mass is 9.86. The van der Waals surface area contributed by atoms with Crippen molar-refractivity contribution in [1.29, 1.82) is 0 Å². The lowest BCUT2D eigenvalue weighted by molar-refractivity contribution is -0.0856. The number of nitrogens with one attached hydrogen (secondary N) is 1. The maximum atomic E-state index is 5.75. The molecule has 0 amide bonds. The minimum atomic E-state index is 0.0381. The largest absolute Gasteiger partial charge is 0.373 e. The molecule has 3 nitrogen and oxygen atoms in total. The Labute approximate surface area is 112 Å². The summed E-state index contributed by atoms with van der Waals surface area (Å²) in [5.74, 6) is 0.861. The first kappa shape index (κ1) is 14.3. The van der Waals surface area contributed by atoms with Crippen LogP contribution in [0.4, 0.5) is 0 Å². The van der Waals surface area contributed by atoms with Crippen LogP contribution in [-0.4, -0.2) is 49.3 Å². The van der Waals surface area contributed by atoms with E-state index in [1.165, 1.54) is 25.7 Å². The minimum absolute atomic E-state index is 0.0381. The second-order valence-electron chi connectivity index (χ2n) is 6.71. The zero-order valence-electron chi connectivity index (χ0n) is 12.4. The van der Waals surface area contributed by atoms with Crippen molar-refractivity contribution in [2.75, 3.05) is 32.8 Å². The molecule has 18 heavy (non-hydrogen) atoms. The Bertz CT molecular complexity index is 255. The van der Waals surface area contributed by atoms with Crippen molar-refractivity contribution in [3.05, 3.63) is 0 Å². The van der Waals surface area contributed by atoms with E-state index in [-0.39, 0.29) is 5.60 Å². The molecule has 1 N–H and O–H groups in total. The van der Waals surface area contributed by atoms with Crippen molar-refractivity contribution >= 4 is 0 Å². The third-order valence-electron chi connectivity index (χ3n) is 4.45. The molecule has 1 saturated carbocycles. The van der Waals surface area contributed by atoms with Crippen LogP contribution in [-0.2, 0) is 4.74 Å². The van der Waals surface area contributed by atoms with Gasteiger partial charge in [0.05, 0.1) is 12.2 Å². The lowest BCUT2D eigenvalue weighted by Crippen LogP contribution is -2.50. The molecule has 0 bridgehead atoms. The van der Waals surface area contributed by atoms with Crippen molar-refractivity contribution in [3.63, 3.8) is 0 Å². The van der Waals surface area contributed by atoms with Crippen LogP contribution in [0.15, 0.2) is 0 Å². The average molecular weight is 254 g/mol. The smallest absolute Gasteiger partial charge is 0.0753 e. The maximum Gasteiger partial charge on any atom is 0.0753 e. The molecule has 1 aliphatic carbocycles. The van der Waals surface area contributed by atoms with Crippen LogP contribution in [0, 0.1) is 5.92 Å². The van der Waals surface area contributed by atoms with Gasteiger partial charge in [0, 0.05) is 32.2 Å². The van der Waals surface area contributed by atoms with Crippen LogP contribution in [0.3, 0.4) is 0 Å². The van der Waals surface area contributed by atoms with Crippen LogP contribution < -0.4 is 5.32 Å². The van der Waals surface area contributed by atoms with E-state index in [1.807, 2.05) is 0 Å². The Morgan fingerprint density at radius 1 is 1.28 bits per heavy atom. The molecule has 0 aromatic carbocycles. The molecule has 0 aromatic heterocycles. The normalized spacial score (nSPS) is 33.5. The summed E-state index contributed by atoms with van der Waals surface area (Å²) < 4.78 is 5.75. The third kappa shape index (κ3) is 4.22. The molecule has 106 valence electrons. The summed E-state index contributed by atoms with van der Waals surface area (Å²) in [5, 5.41) is 3.76. The topological polar surface area (TPSA) is 24.5 Å². The molecule has 2 atom stereocenters. The molecule has 3 heteroatoms. The Morgan fingerprint density at radius 3 is 2.78 bits per heavy atom. The second-order valence-corrected chi connectivity index (χ2v) is 6.71. The van der Waals surface area contributed by atoms with Gasteiger partial charge in [0.15, 0.2) is 0 Å². The maximum absolute atomic E-state index is 5.75.